The van der Waals surface area contributed by atoms with Gasteiger partial charge in [-0.2, -0.15) is 0 Å². The molecular weight excluding hydrogens is 340 g/mol. The molecule has 0 radical (unpaired) electrons. The summed E-state index contributed by atoms with van der Waals surface area (Å²) < 4.78 is 5.14. The second-order valence-electron chi connectivity index (χ2n) is 6.41. The van der Waals surface area contributed by atoms with Gasteiger partial charge in [0.05, 0.1) is 10.8 Å². The quantitative estimate of drug-likeness (QED) is 0.752. The van der Waals surface area contributed by atoms with Crippen LogP contribution in [0.1, 0.15) is 49.2 Å². The molecule has 1 aliphatic heterocycles. The van der Waals surface area contributed by atoms with Crippen LogP contribution in [0.25, 0.3) is 0 Å². The van der Waals surface area contributed by atoms with Gasteiger partial charge in [0.25, 0.3) is 11.8 Å². The minimum absolute atomic E-state index is 0.0195. The summed E-state index contributed by atoms with van der Waals surface area (Å²) in [7, 11) is 0. The standard InChI is InChI=1S/C18H26N2O4S/c1-3-5-13(2)19-16(21)12-24-18(23)14-7-9-20(10-8-14)17(22)15-6-4-11-25-15/h4,6,11,13-14H,3,5,7-10,12H2,1-2H3,(H,19,21)/t13-/m1/s1. The predicted octanol–water partition coefficient (Wildman–Crippen LogP) is 2.45. The van der Waals surface area contributed by atoms with Gasteiger partial charge in [0, 0.05) is 19.1 Å². The van der Waals surface area contributed by atoms with Crippen LogP contribution in [-0.4, -0.2) is 48.4 Å². The number of hydrogen-bond donors (Lipinski definition) is 1. The molecule has 0 aliphatic carbocycles. The fourth-order valence-corrected chi connectivity index (χ4v) is 3.64. The molecule has 2 amide bonds. The van der Waals surface area contributed by atoms with Gasteiger partial charge >= 0.3 is 5.97 Å². The molecule has 1 saturated heterocycles. The van der Waals surface area contributed by atoms with Gasteiger partial charge in [0.15, 0.2) is 6.61 Å². The number of nitrogens with one attached hydrogen (secondary N) is 1. The van der Waals surface area contributed by atoms with E-state index in [0.717, 1.165) is 17.7 Å². The third-order valence-electron chi connectivity index (χ3n) is 4.32. The monoisotopic (exact) mass is 366 g/mol. The first kappa shape index (κ1) is 19.4. The summed E-state index contributed by atoms with van der Waals surface area (Å²) in [5.74, 6) is -0.833. The van der Waals surface area contributed by atoms with E-state index in [-0.39, 0.29) is 36.4 Å². The highest BCUT2D eigenvalue weighted by Gasteiger charge is 2.29. The van der Waals surface area contributed by atoms with Gasteiger partial charge in [-0.3, -0.25) is 14.4 Å². The molecule has 0 spiro atoms. The van der Waals surface area contributed by atoms with E-state index in [1.165, 1.54) is 11.3 Å². The van der Waals surface area contributed by atoms with E-state index >= 15 is 0 Å². The number of piperidine rings is 1. The first-order chi connectivity index (χ1) is 12.0. The van der Waals surface area contributed by atoms with Gasteiger partial charge in [-0.25, -0.2) is 0 Å². The number of thiophene rings is 1. The lowest BCUT2D eigenvalue weighted by Gasteiger charge is -2.30. The molecule has 1 aliphatic rings. The highest BCUT2D eigenvalue weighted by Crippen LogP contribution is 2.21. The molecule has 7 heteroatoms. The zero-order chi connectivity index (χ0) is 18.2. The normalized spacial score (nSPS) is 16.3. The van der Waals surface area contributed by atoms with Crippen molar-refractivity contribution >= 4 is 29.1 Å². The van der Waals surface area contributed by atoms with Crippen molar-refractivity contribution in [3.8, 4) is 0 Å². The van der Waals surface area contributed by atoms with Crippen LogP contribution < -0.4 is 5.32 Å². The first-order valence-corrected chi connectivity index (χ1v) is 9.68. The van der Waals surface area contributed by atoms with Crippen LogP contribution >= 0.6 is 11.3 Å². The molecule has 0 saturated carbocycles. The summed E-state index contributed by atoms with van der Waals surface area (Å²) in [6.07, 6.45) is 3.04. The summed E-state index contributed by atoms with van der Waals surface area (Å²) in [5.41, 5.74) is 0. The molecule has 25 heavy (non-hydrogen) atoms. The van der Waals surface area contributed by atoms with Gasteiger partial charge in [0.1, 0.15) is 0 Å². The van der Waals surface area contributed by atoms with Crippen molar-refractivity contribution in [2.45, 2.75) is 45.6 Å². The van der Waals surface area contributed by atoms with Crippen LogP contribution in [0.5, 0.6) is 0 Å². The average Bonchev–Trinajstić information content (AvgIpc) is 3.14. The molecule has 138 valence electrons. The molecule has 0 bridgehead atoms. The van der Waals surface area contributed by atoms with Crippen LogP contribution in [0, 0.1) is 5.92 Å². The van der Waals surface area contributed by atoms with Crippen LogP contribution in [0.4, 0.5) is 0 Å². The minimum atomic E-state index is -0.346. The summed E-state index contributed by atoms with van der Waals surface area (Å²) >= 11 is 1.42. The maximum absolute atomic E-state index is 12.3. The van der Waals surface area contributed by atoms with Gasteiger partial charge in [-0.05, 0) is 37.6 Å². The number of ether oxygens (including phenoxy) is 1. The van der Waals surface area contributed by atoms with Crippen LogP contribution in [0.15, 0.2) is 17.5 Å². The SMILES string of the molecule is CCC[C@@H](C)NC(=O)COC(=O)C1CCN(C(=O)c2cccs2)CC1. The van der Waals surface area contributed by atoms with Crippen molar-refractivity contribution in [1.82, 2.24) is 10.2 Å². The number of rotatable bonds is 7. The summed E-state index contributed by atoms with van der Waals surface area (Å²) in [6, 6.07) is 3.75. The second kappa shape index (κ2) is 9.56. The molecular formula is C18H26N2O4S. The average molecular weight is 366 g/mol. The predicted molar refractivity (Wildman–Crippen MR) is 96.4 cm³/mol. The molecule has 2 heterocycles. The Morgan fingerprint density at radius 2 is 2.08 bits per heavy atom. The largest absolute Gasteiger partial charge is 0.455 e. The number of nitrogens with zero attached hydrogens (tertiary/aromatic N) is 1. The lowest BCUT2D eigenvalue weighted by molar-refractivity contribution is -0.154. The van der Waals surface area contributed by atoms with Crippen molar-refractivity contribution in [2.75, 3.05) is 19.7 Å². The summed E-state index contributed by atoms with van der Waals surface area (Å²) in [6.45, 7) is 4.83. The zero-order valence-corrected chi connectivity index (χ0v) is 15.6. The van der Waals surface area contributed by atoms with Crippen LogP contribution in [0.3, 0.4) is 0 Å². The Morgan fingerprint density at radius 3 is 2.68 bits per heavy atom. The molecule has 6 nitrogen and oxygen atoms in total. The Labute approximate surface area is 152 Å². The first-order valence-electron chi connectivity index (χ1n) is 8.80. The van der Waals surface area contributed by atoms with Gasteiger partial charge in [-0.15, -0.1) is 11.3 Å². The van der Waals surface area contributed by atoms with E-state index in [1.807, 2.05) is 24.4 Å². The molecule has 2 rings (SSSR count). The molecule has 0 unspecified atom stereocenters. The molecule has 1 atom stereocenters. The van der Waals surface area contributed by atoms with Crippen molar-refractivity contribution in [3.05, 3.63) is 22.4 Å². The Balaban J connectivity index is 1.70. The van der Waals surface area contributed by atoms with Crippen molar-refractivity contribution in [1.29, 1.82) is 0 Å². The van der Waals surface area contributed by atoms with E-state index in [0.29, 0.717) is 25.9 Å². The number of amides is 2. The molecule has 1 aromatic heterocycles. The maximum Gasteiger partial charge on any atom is 0.309 e. The third-order valence-corrected chi connectivity index (χ3v) is 5.18. The van der Waals surface area contributed by atoms with E-state index < -0.39 is 0 Å². The Hall–Kier alpha value is -1.89. The number of carbonyl (C=O) groups is 3. The zero-order valence-electron chi connectivity index (χ0n) is 14.8. The summed E-state index contributed by atoms with van der Waals surface area (Å²) in [4.78, 5) is 38.6. The van der Waals surface area contributed by atoms with Crippen LogP contribution in [0.2, 0.25) is 0 Å². The van der Waals surface area contributed by atoms with Crippen molar-refractivity contribution < 1.29 is 19.1 Å². The number of carbonyl (C=O) groups excluding carboxylic acids is 3. The molecule has 1 aromatic rings. The minimum Gasteiger partial charge on any atom is -0.455 e. The topological polar surface area (TPSA) is 75.7 Å². The van der Waals surface area contributed by atoms with Crippen LogP contribution in [-0.2, 0) is 14.3 Å². The lowest BCUT2D eigenvalue weighted by Crippen LogP contribution is -2.41. The number of likely N-dealkylation sites (tertiary alicyclic amines) is 1. The van der Waals surface area contributed by atoms with Gasteiger partial charge in [-0.1, -0.05) is 19.4 Å². The maximum atomic E-state index is 12.3. The van der Waals surface area contributed by atoms with Gasteiger partial charge < -0.3 is 15.0 Å². The Morgan fingerprint density at radius 1 is 1.36 bits per heavy atom. The van der Waals surface area contributed by atoms with E-state index in [1.54, 1.807) is 4.90 Å². The fraction of sp³-hybridized carbons (Fsp3) is 0.611. The third kappa shape index (κ3) is 5.85. The smallest absolute Gasteiger partial charge is 0.309 e. The highest BCUT2D eigenvalue weighted by molar-refractivity contribution is 7.12. The fourth-order valence-electron chi connectivity index (χ4n) is 2.95. The highest BCUT2D eigenvalue weighted by atomic mass is 32.1. The van der Waals surface area contributed by atoms with E-state index in [4.69, 9.17) is 4.74 Å². The Bertz CT molecular complexity index is 580. The van der Waals surface area contributed by atoms with Crippen molar-refractivity contribution in [2.24, 2.45) is 5.92 Å². The summed E-state index contributed by atoms with van der Waals surface area (Å²) in [5, 5.41) is 4.69. The number of esters is 1. The van der Waals surface area contributed by atoms with E-state index in [9.17, 15) is 14.4 Å². The van der Waals surface area contributed by atoms with Crippen molar-refractivity contribution in [3.63, 3.8) is 0 Å². The molecule has 1 fully saturated rings. The molecule has 1 N–H and O–H groups in total. The number of hydrogen-bond acceptors (Lipinski definition) is 5. The van der Waals surface area contributed by atoms with Gasteiger partial charge in [0.2, 0.25) is 0 Å². The molecule has 0 aromatic carbocycles. The lowest BCUT2D eigenvalue weighted by atomic mass is 9.97. The second-order valence-corrected chi connectivity index (χ2v) is 7.36. The van der Waals surface area contributed by atoms with E-state index in [2.05, 4.69) is 12.2 Å². The Kier molecular flexibility index (Phi) is 7.43.